The molecule has 38 heavy (non-hydrogen) atoms. The molecule has 9 atom stereocenters. The van der Waals surface area contributed by atoms with Crippen LogP contribution in [-0.2, 0) is 10.1 Å². The Bertz CT molecular complexity index is 933. The SMILES string of the molecule is CCC[C@@H](C)[C@H]1CCC2C3CCC4CC(NCCC[N+](C)(C)C(C)(C)S(=O)(=O)O)CC[C@]4(C)C3CC[C@@]21C. The number of hydrogen-bond acceptors (Lipinski definition) is 3. The highest BCUT2D eigenvalue weighted by Crippen LogP contribution is 2.68. The maximum Gasteiger partial charge on any atom is 0.321 e. The van der Waals surface area contributed by atoms with Crippen LogP contribution in [-0.4, -0.2) is 55.6 Å². The molecule has 4 rings (SSSR count). The summed E-state index contributed by atoms with van der Waals surface area (Å²) in [6.45, 7) is 15.2. The van der Waals surface area contributed by atoms with Crippen molar-refractivity contribution in [2.45, 2.75) is 130 Å². The average molecular weight is 554 g/mol. The molecule has 0 saturated heterocycles. The molecule has 5 unspecified atom stereocenters. The van der Waals surface area contributed by atoms with E-state index in [-0.39, 0.29) is 4.48 Å². The van der Waals surface area contributed by atoms with Crippen LogP contribution in [0.15, 0.2) is 0 Å². The molecule has 4 saturated carbocycles. The molecule has 0 aliphatic heterocycles. The summed E-state index contributed by atoms with van der Waals surface area (Å²) < 4.78 is 33.8. The van der Waals surface area contributed by atoms with Crippen LogP contribution in [0.4, 0.5) is 0 Å². The first-order valence-electron chi connectivity index (χ1n) is 16.1. The highest BCUT2D eigenvalue weighted by molar-refractivity contribution is 7.87. The lowest BCUT2D eigenvalue weighted by Crippen LogP contribution is -2.60. The van der Waals surface area contributed by atoms with Gasteiger partial charge in [0, 0.05) is 32.9 Å². The molecule has 4 aliphatic rings. The van der Waals surface area contributed by atoms with Gasteiger partial charge in [-0.1, -0.05) is 40.5 Å². The molecule has 222 valence electrons. The van der Waals surface area contributed by atoms with E-state index in [1.165, 1.54) is 70.6 Å². The van der Waals surface area contributed by atoms with Gasteiger partial charge in [0.15, 0.2) is 0 Å². The maximum absolute atomic E-state index is 11.9. The molecule has 0 radical (unpaired) electrons. The van der Waals surface area contributed by atoms with Gasteiger partial charge in [0.05, 0.1) is 20.6 Å². The van der Waals surface area contributed by atoms with Crippen LogP contribution in [0.5, 0.6) is 0 Å². The largest absolute Gasteiger partial charge is 0.321 e. The first-order chi connectivity index (χ1) is 17.6. The van der Waals surface area contributed by atoms with Crippen molar-refractivity contribution in [3.8, 4) is 0 Å². The monoisotopic (exact) mass is 553 g/mol. The van der Waals surface area contributed by atoms with Crippen molar-refractivity contribution in [3.63, 3.8) is 0 Å². The van der Waals surface area contributed by atoms with E-state index in [0.717, 1.165) is 55.0 Å². The van der Waals surface area contributed by atoms with Crippen LogP contribution in [0.25, 0.3) is 0 Å². The van der Waals surface area contributed by atoms with Crippen molar-refractivity contribution < 1.29 is 17.5 Å². The number of nitrogens with zero attached hydrogens (tertiary/aromatic N) is 1. The number of fused-ring (bicyclic) bond motifs is 5. The third-order valence-corrected chi connectivity index (χ3v) is 15.3. The number of hydrogen-bond donors (Lipinski definition) is 2. The molecule has 0 aromatic rings. The Morgan fingerprint density at radius 1 is 1.00 bits per heavy atom. The van der Waals surface area contributed by atoms with Crippen molar-refractivity contribution in [2.24, 2.45) is 46.3 Å². The standard InChI is InChI=1S/C32H60N2O3S/c1-9-11-23(2)27-14-15-28-26-13-12-24-22-25(16-18-31(24,5)29(26)17-19-32(27,28)6)33-20-10-21-34(7,8)30(3,4)38(35,36)37/h23-29,33H,9-22H2,1-8H3/p+1/t23-,24?,25?,26?,27-,28?,29?,31+,32-/m1/s1. The molecule has 0 aromatic heterocycles. The van der Waals surface area contributed by atoms with Gasteiger partial charge >= 0.3 is 10.1 Å². The summed E-state index contributed by atoms with van der Waals surface area (Å²) in [4.78, 5) is -1.21. The maximum atomic E-state index is 11.9. The van der Waals surface area contributed by atoms with Gasteiger partial charge in [-0.15, -0.1) is 0 Å². The zero-order valence-corrected chi connectivity index (χ0v) is 26.9. The van der Waals surface area contributed by atoms with Crippen molar-refractivity contribution in [2.75, 3.05) is 27.2 Å². The first-order valence-corrected chi connectivity index (χ1v) is 17.6. The van der Waals surface area contributed by atoms with Gasteiger partial charge in [-0.2, -0.15) is 8.42 Å². The fraction of sp³-hybridized carbons (Fsp3) is 1.00. The molecule has 0 amide bonds. The molecular weight excluding hydrogens is 492 g/mol. The highest BCUT2D eigenvalue weighted by Gasteiger charge is 2.60. The molecule has 6 heteroatoms. The van der Waals surface area contributed by atoms with Crippen LogP contribution in [0.1, 0.15) is 119 Å². The zero-order valence-electron chi connectivity index (χ0n) is 26.1. The Hall–Kier alpha value is -0.170. The lowest BCUT2D eigenvalue weighted by Gasteiger charge is -2.61. The van der Waals surface area contributed by atoms with E-state index in [9.17, 15) is 13.0 Å². The van der Waals surface area contributed by atoms with Gasteiger partial charge in [0.1, 0.15) is 0 Å². The quantitative estimate of drug-likeness (QED) is 0.172. The molecule has 0 heterocycles. The second-order valence-corrected chi connectivity index (χ2v) is 17.7. The number of nitrogens with one attached hydrogen (secondary N) is 1. The molecule has 5 nitrogen and oxygen atoms in total. The van der Waals surface area contributed by atoms with E-state index < -0.39 is 15.0 Å². The van der Waals surface area contributed by atoms with Gasteiger partial charge in [-0.05, 0) is 104 Å². The molecule has 0 bridgehead atoms. The van der Waals surface area contributed by atoms with Crippen LogP contribution >= 0.6 is 0 Å². The third-order valence-electron chi connectivity index (χ3n) is 13.6. The summed E-state index contributed by atoms with van der Waals surface area (Å²) in [7, 11) is -0.301. The van der Waals surface area contributed by atoms with Crippen molar-refractivity contribution in [1.29, 1.82) is 0 Å². The van der Waals surface area contributed by atoms with Gasteiger partial charge in [-0.25, -0.2) is 0 Å². The molecule has 4 aliphatic carbocycles. The Balaban J connectivity index is 1.32. The zero-order chi connectivity index (χ0) is 28.1. The van der Waals surface area contributed by atoms with Crippen LogP contribution in [0, 0.1) is 46.3 Å². The van der Waals surface area contributed by atoms with Crippen LogP contribution < -0.4 is 5.32 Å². The summed E-state index contributed by atoms with van der Waals surface area (Å²) in [6, 6.07) is 0.592. The number of quaternary nitrogens is 1. The number of rotatable bonds is 10. The minimum atomic E-state index is -4.12. The lowest BCUT2D eigenvalue weighted by atomic mass is 9.44. The average Bonchev–Trinajstić information content (AvgIpc) is 3.18. The topological polar surface area (TPSA) is 66.4 Å². The van der Waals surface area contributed by atoms with Crippen molar-refractivity contribution in [3.05, 3.63) is 0 Å². The molecular formula is C32H61N2O3S+. The minimum absolute atomic E-state index is 0.264. The third kappa shape index (κ3) is 5.27. The smallest absolute Gasteiger partial charge is 0.314 e. The molecule has 0 aromatic carbocycles. The summed E-state index contributed by atoms with van der Waals surface area (Å²) >= 11 is 0. The summed E-state index contributed by atoms with van der Waals surface area (Å²) in [5.74, 6) is 5.55. The highest BCUT2D eigenvalue weighted by atomic mass is 32.2. The van der Waals surface area contributed by atoms with Gasteiger partial charge < -0.3 is 9.80 Å². The first kappa shape index (κ1) is 30.8. The predicted molar refractivity (Wildman–Crippen MR) is 158 cm³/mol. The fourth-order valence-corrected chi connectivity index (χ4v) is 11.2. The predicted octanol–water partition coefficient (Wildman–Crippen LogP) is 7.13. The Morgan fingerprint density at radius 3 is 2.32 bits per heavy atom. The van der Waals surface area contributed by atoms with E-state index in [2.05, 4.69) is 33.0 Å². The van der Waals surface area contributed by atoms with Gasteiger partial charge in [-0.3, -0.25) is 4.55 Å². The molecule has 0 spiro atoms. The van der Waals surface area contributed by atoms with Gasteiger partial charge in [0.25, 0.3) is 0 Å². The molecule has 2 N–H and O–H groups in total. The normalized spacial score (nSPS) is 40.8. The Morgan fingerprint density at radius 2 is 1.66 bits per heavy atom. The summed E-state index contributed by atoms with van der Waals surface area (Å²) in [5.41, 5.74) is 1.11. The van der Waals surface area contributed by atoms with E-state index >= 15 is 0 Å². The molecule has 4 fully saturated rings. The second kappa shape index (κ2) is 10.9. The summed E-state index contributed by atoms with van der Waals surface area (Å²) in [5, 5.41) is 3.86. The van der Waals surface area contributed by atoms with E-state index in [1.807, 2.05) is 14.1 Å². The van der Waals surface area contributed by atoms with Crippen molar-refractivity contribution >= 4 is 10.1 Å². The van der Waals surface area contributed by atoms with E-state index in [0.29, 0.717) is 16.9 Å². The second-order valence-electron chi connectivity index (χ2n) is 15.8. The van der Waals surface area contributed by atoms with E-state index in [4.69, 9.17) is 0 Å². The Kier molecular flexibility index (Phi) is 8.84. The van der Waals surface area contributed by atoms with Gasteiger partial charge in [0.2, 0.25) is 4.87 Å². The van der Waals surface area contributed by atoms with Crippen LogP contribution in [0.3, 0.4) is 0 Å². The fourth-order valence-electron chi connectivity index (χ4n) is 10.4. The van der Waals surface area contributed by atoms with Crippen molar-refractivity contribution in [1.82, 2.24) is 5.32 Å². The van der Waals surface area contributed by atoms with E-state index in [1.54, 1.807) is 13.8 Å². The lowest BCUT2D eigenvalue weighted by molar-refractivity contribution is -0.922. The van der Waals surface area contributed by atoms with Crippen LogP contribution in [0.2, 0.25) is 0 Å². The summed E-state index contributed by atoms with van der Waals surface area (Å²) in [6.07, 6.45) is 16.4. The minimum Gasteiger partial charge on any atom is -0.314 e. The Labute approximate surface area is 235 Å².